The van der Waals surface area contributed by atoms with Crippen molar-refractivity contribution in [3.8, 4) is 0 Å². The summed E-state index contributed by atoms with van der Waals surface area (Å²) in [5.74, 6) is -2.41. The fourth-order valence-electron chi connectivity index (χ4n) is 3.13. The number of hydrogen-bond donors (Lipinski definition) is 10. The normalized spacial score (nSPS) is 28.6. The Bertz CT molecular complexity index is 583. The second kappa shape index (κ2) is 10.4. The van der Waals surface area contributed by atoms with Crippen molar-refractivity contribution in [1.29, 1.82) is 0 Å². The fourth-order valence-corrected chi connectivity index (χ4v) is 3.13. The summed E-state index contributed by atoms with van der Waals surface area (Å²) in [6.07, 6.45) is -16.2. The highest BCUT2D eigenvalue weighted by Crippen LogP contribution is 2.31. The van der Waals surface area contributed by atoms with Crippen molar-refractivity contribution in [2.45, 2.75) is 55.3 Å². The smallest absolute Gasteiger partial charge is 0.286 e. The van der Waals surface area contributed by atoms with Gasteiger partial charge in [-0.2, -0.15) is 10.2 Å². The summed E-state index contributed by atoms with van der Waals surface area (Å²) in [4.78, 5) is 25.1. The third-order valence-electron chi connectivity index (χ3n) is 5.00. The molecule has 3 saturated heterocycles. The van der Waals surface area contributed by atoms with Crippen LogP contribution in [-0.4, -0.2) is 158 Å². The molecule has 3 rings (SSSR count). The first-order valence-electron chi connectivity index (χ1n) is 9.38. The van der Waals surface area contributed by atoms with Gasteiger partial charge in [-0.1, -0.05) is 10.2 Å². The minimum Gasteiger partial charge on any atom is -0.394 e. The SMILES string of the molecule is O=C([C@H](O)[C@@H](O)[C@H](O)[C@H](O)CO)N1N2CCCN1N2C(=O)[C@H](O)[C@@H](O)[C@H](O)[C@H](O)CO. The summed E-state index contributed by atoms with van der Waals surface area (Å²) in [6, 6.07) is 0. The van der Waals surface area contributed by atoms with E-state index in [-0.39, 0.29) is 13.1 Å². The molecule has 0 spiro atoms. The predicted octanol–water partition coefficient (Wildman–Crippen LogP) is -7.80. The predicted molar refractivity (Wildman–Crippen MR) is 93.9 cm³/mol. The third-order valence-corrected chi connectivity index (χ3v) is 5.00. The number of nitrogens with zero attached hydrogens (tertiary/aromatic N) is 4. The number of aliphatic hydroxyl groups is 10. The maximum absolute atomic E-state index is 12.5. The molecule has 8 atom stereocenters. The summed E-state index contributed by atoms with van der Waals surface area (Å²) in [5.41, 5.74) is 0. The van der Waals surface area contributed by atoms with Crippen molar-refractivity contribution >= 4 is 11.8 Å². The lowest BCUT2D eigenvalue weighted by Gasteiger charge is -2.62. The van der Waals surface area contributed by atoms with Crippen LogP contribution >= 0.6 is 0 Å². The Balaban J connectivity index is 2.08. The van der Waals surface area contributed by atoms with Crippen LogP contribution in [0.15, 0.2) is 0 Å². The van der Waals surface area contributed by atoms with Crippen LogP contribution in [0.4, 0.5) is 0 Å². The van der Waals surface area contributed by atoms with Gasteiger partial charge in [-0.05, 0) is 6.42 Å². The molecule has 3 heterocycles. The number of carbonyl (C=O) groups excluding carboxylic acids is 2. The van der Waals surface area contributed by atoms with E-state index in [1.165, 1.54) is 0 Å². The maximum atomic E-state index is 12.5. The van der Waals surface area contributed by atoms with Crippen LogP contribution in [0.5, 0.6) is 0 Å². The molecule has 0 aromatic heterocycles. The van der Waals surface area contributed by atoms with Gasteiger partial charge in [-0.25, -0.2) is 0 Å². The molecule has 0 aromatic carbocycles. The molecule has 0 unspecified atom stereocenters. The van der Waals surface area contributed by atoms with Crippen LogP contribution in [-0.2, 0) is 9.59 Å². The van der Waals surface area contributed by atoms with Crippen LogP contribution in [0.25, 0.3) is 0 Å². The second-order valence-corrected chi connectivity index (χ2v) is 7.15. The van der Waals surface area contributed by atoms with Crippen molar-refractivity contribution in [2.75, 3.05) is 26.3 Å². The van der Waals surface area contributed by atoms with E-state index >= 15 is 0 Å². The van der Waals surface area contributed by atoms with Gasteiger partial charge in [0.25, 0.3) is 11.8 Å². The van der Waals surface area contributed by atoms with E-state index in [1.54, 1.807) is 0 Å². The van der Waals surface area contributed by atoms with Crippen LogP contribution in [0.2, 0.25) is 0 Å². The minimum atomic E-state index is -2.26. The zero-order valence-corrected chi connectivity index (χ0v) is 16.2. The zero-order valence-electron chi connectivity index (χ0n) is 16.2. The summed E-state index contributed by atoms with van der Waals surface area (Å²) in [6.45, 7) is -1.83. The first-order chi connectivity index (χ1) is 14.5. The van der Waals surface area contributed by atoms with Crippen molar-refractivity contribution in [3.05, 3.63) is 0 Å². The Kier molecular flexibility index (Phi) is 8.62. The average Bonchev–Trinajstić information content (AvgIpc) is 2.79. The molecule has 2 amide bonds. The number of aliphatic hydroxyl groups excluding tert-OH is 10. The van der Waals surface area contributed by atoms with Gasteiger partial charge in [0, 0.05) is 13.1 Å². The number of hydrazine groups is 4. The monoisotopic (exact) mass is 456 g/mol. The summed E-state index contributed by atoms with van der Waals surface area (Å²) in [7, 11) is 0. The lowest BCUT2D eigenvalue weighted by molar-refractivity contribution is -0.482. The fraction of sp³-hybridized carbons (Fsp3) is 0.867. The number of hydrogen-bond acceptors (Lipinski definition) is 14. The molecular weight excluding hydrogens is 428 g/mol. The van der Waals surface area contributed by atoms with Crippen LogP contribution in [0.1, 0.15) is 6.42 Å². The molecule has 3 aliphatic heterocycles. The van der Waals surface area contributed by atoms with Crippen molar-refractivity contribution in [1.82, 2.24) is 20.5 Å². The van der Waals surface area contributed by atoms with Crippen LogP contribution in [0, 0.1) is 0 Å². The van der Waals surface area contributed by atoms with Gasteiger partial charge in [0.15, 0.2) is 12.2 Å². The molecule has 16 heteroatoms. The Morgan fingerprint density at radius 1 is 0.613 bits per heavy atom. The van der Waals surface area contributed by atoms with Gasteiger partial charge in [0.1, 0.15) is 36.6 Å². The van der Waals surface area contributed by atoms with Crippen molar-refractivity contribution in [3.63, 3.8) is 0 Å². The van der Waals surface area contributed by atoms with Crippen LogP contribution in [0.3, 0.4) is 0 Å². The van der Waals surface area contributed by atoms with Crippen molar-refractivity contribution in [2.24, 2.45) is 0 Å². The van der Waals surface area contributed by atoms with Gasteiger partial charge in [-0.3, -0.25) is 9.59 Å². The summed E-state index contributed by atoms with van der Waals surface area (Å²) < 4.78 is 0. The largest absolute Gasteiger partial charge is 0.394 e. The lowest BCUT2D eigenvalue weighted by Crippen LogP contribution is -2.85. The molecule has 16 nitrogen and oxygen atoms in total. The summed E-state index contributed by atoms with van der Waals surface area (Å²) in [5, 5.41) is 98.9. The molecule has 180 valence electrons. The van der Waals surface area contributed by atoms with Gasteiger partial charge in [-0.15, -0.1) is 0 Å². The zero-order chi connectivity index (χ0) is 23.6. The standard InChI is InChI=1S/C15H28N4O12/c20-4-6(22)8(24)10(26)12(28)14(30)18-16-2-1-3-17(18)19(16)15(31)13(29)11(27)9(25)7(23)5-21/h6-13,20-29H,1-5H2/t6-,7-,8-,9-,10+,11+,12-,13-/m1/s1. The average molecular weight is 456 g/mol. The number of carbonyl (C=O) groups is 2. The second-order valence-electron chi connectivity index (χ2n) is 7.15. The topological polar surface area (TPSA) is 249 Å². The molecule has 0 aliphatic carbocycles. The van der Waals surface area contributed by atoms with E-state index in [0.717, 1.165) is 20.5 Å². The third kappa shape index (κ3) is 4.80. The van der Waals surface area contributed by atoms with Crippen molar-refractivity contribution < 1.29 is 60.7 Å². The highest BCUT2D eigenvalue weighted by molar-refractivity contribution is 5.84. The quantitative estimate of drug-likeness (QED) is 0.147. The highest BCUT2D eigenvalue weighted by Gasteiger charge is 2.56. The van der Waals surface area contributed by atoms with E-state index in [2.05, 4.69) is 0 Å². The number of fused-ring (bicyclic) bond motifs is 2. The van der Waals surface area contributed by atoms with Crippen LogP contribution < -0.4 is 0 Å². The minimum absolute atomic E-state index is 0.0310. The molecule has 3 fully saturated rings. The van der Waals surface area contributed by atoms with Gasteiger partial charge < -0.3 is 51.1 Å². The highest BCUT2D eigenvalue weighted by atomic mass is 16.4. The lowest BCUT2D eigenvalue weighted by atomic mass is 10.0. The van der Waals surface area contributed by atoms with E-state index in [1.807, 2.05) is 0 Å². The Morgan fingerprint density at radius 3 is 1.23 bits per heavy atom. The first kappa shape index (κ1) is 25.7. The Hall–Kier alpha value is -1.54. The van der Waals surface area contributed by atoms with E-state index in [0.29, 0.717) is 6.42 Å². The molecule has 3 aliphatic rings. The van der Waals surface area contributed by atoms with E-state index in [4.69, 9.17) is 10.2 Å². The molecule has 0 aromatic rings. The number of rotatable bonds is 10. The van der Waals surface area contributed by atoms with Gasteiger partial charge in [0.2, 0.25) is 0 Å². The van der Waals surface area contributed by atoms with E-state index < -0.39 is 73.9 Å². The molecule has 31 heavy (non-hydrogen) atoms. The Labute approximate surface area is 175 Å². The molecule has 2 bridgehead atoms. The van der Waals surface area contributed by atoms with Gasteiger partial charge >= 0.3 is 0 Å². The number of amides is 2. The molecule has 10 N–H and O–H groups in total. The van der Waals surface area contributed by atoms with E-state index in [9.17, 15) is 50.4 Å². The molecule has 0 radical (unpaired) electrons. The molecule has 0 saturated carbocycles. The molecular formula is C15H28N4O12. The first-order valence-corrected chi connectivity index (χ1v) is 9.38. The maximum Gasteiger partial charge on any atom is 0.286 e. The Morgan fingerprint density at radius 2 is 0.935 bits per heavy atom. The van der Waals surface area contributed by atoms with Gasteiger partial charge in [0.05, 0.1) is 13.2 Å². The summed E-state index contributed by atoms with van der Waals surface area (Å²) >= 11 is 0.